The number of aromatic nitrogens is 2. The number of aryl methyl sites for hydroxylation is 1. The number of nitrogens with zero attached hydrogens (tertiary/aromatic N) is 2. The third kappa shape index (κ3) is 3.18. The van der Waals surface area contributed by atoms with Crippen LogP contribution in [0.1, 0.15) is 19.7 Å². The van der Waals surface area contributed by atoms with Crippen molar-refractivity contribution in [2.75, 3.05) is 18.1 Å². The first kappa shape index (κ1) is 10.7. The molecule has 0 fully saturated rings. The first-order valence-electron chi connectivity index (χ1n) is 4.01. The summed E-state index contributed by atoms with van der Waals surface area (Å²) in [4.78, 5) is 7.96. The van der Waals surface area contributed by atoms with Gasteiger partial charge in [0.05, 0.1) is 0 Å². The highest BCUT2D eigenvalue weighted by Crippen LogP contribution is 2.05. The molecule has 1 heterocycles. The zero-order valence-corrected chi connectivity index (χ0v) is 8.05. The zero-order chi connectivity index (χ0) is 9.56. The Labute approximate surface area is 73.2 Å². The average molecular weight is 168 g/mol. The van der Waals surface area contributed by atoms with E-state index >= 15 is 0 Å². The van der Waals surface area contributed by atoms with E-state index in [4.69, 9.17) is 5.73 Å². The summed E-state index contributed by atoms with van der Waals surface area (Å²) in [5, 5.41) is 2.88. The third-order valence-electron chi connectivity index (χ3n) is 1.11. The zero-order valence-electron chi connectivity index (χ0n) is 8.05. The normalized spacial score (nSPS) is 8.33. The molecule has 3 N–H and O–H groups in total. The molecule has 0 spiro atoms. The standard InChI is InChI=1S/C6H10N4.C2H6/c1-4-9-5(7)3-6(8-2)10-4;1-2/h3H,1-2H3,(H3,7,8,9,10);1-2H3. The van der Waals surface area contributed by atoms with Crippen molar-refractivity contribution in [3.63, 3.8) is 0 Å². The molecule has 1 aromatic rings. The molecule has 68 valence electrons. The molecule has 12 heavy (non-hydrogen) atoms. The summed E-state index contributed by atoms with van der Waals surface area (Å²) in [6, 6.07) is 1.69. The smallest absolute Gasteiger partial charge is 0.131 e. The minimum atomic E-state index is 0.497. The number of hydrogen-bond acceptors (Lipinski definition) is 4. The summed E-state index contributed by atoms with van der Waals surface area (Å²) in [5.41, 5.74) is 5.44. The summed E-state index contributed by atoms with van der Waals surface area (Å²) in [6.07, 6.45) is 0. The Bertz CT molecular complexity index is 214. The fraction of sp³-hybridized carbons (Fsp3) is 0.500. The van der Waals surface area contributed by atoms with Crippen LogP contribution in [0.15, 0.2) is 6.07 Å². The minimum absolute atomic E-state index is 0.497. The van der Waals surface area contributed by atoms with Gasteiger partial charge >= 0.3 is 0 Å². The molecule has 0 aliphatic heterocycles. The highest BCUT2D eigenvalue weighted by Gasteiger charge is 1.94. The molecule has 4 nitrogen and oxygen atoms in total. The summed E-state index contributed by atoms with van der Waals surface area (Å²) in [7, 11) is 1.79. The lowest BCUT2D eigenvalue weighted by Gasteiger charge is -2.00. The van der Waals surface area contributed by atoms with E-state index in [1.807, 2.05) is 13.8 Å². The van der Waals surface area contributed by atoms with Crippen molar-refractivity contribution in [1.29, 1.82) is 0 Å². The molecule has 0 saturated heterocycles. The number of nitrogens with two attached hydrogens (primary N) is 1. The van der Waals surface area contributed by atoms with Crippen LogP contribution in [0.4, 0.5) is 11.6 Å². The Kier molecular flexibility index (Phi) is 4.76. The molecule has 0 saturated carbocycles. The molecular weight excluding hydrogens is 152 g/mol. The third-order valence-corrected chi connectivity index (χ3v) is 1.11. The van der Waals surface area contributed by atoms with E-state index in [1.165, 1.54) is 0 Å². The van der Waals surface area contributed by atoms with Crippen molar-refractivity contribution in [1.82, 2.24) is 9.97 Å². The van der Waals surface area contributed by atoms with Gasteiger partial charge in [-0.1, -0.05) is 13.8 Å². The van der Waals surface area contributed by atoms with E-state index in [2.05, 4.69) is 15.3 Å². The van der Waals surface area contributed by atoms with Gasteiger partial charge in [-0.2, -0.15) is 0 Å². The van der Waals surface area contributed by atoms with Crippen molar-refractivity contribution >= 4 is 11.6 Å². The Morgan fingerprint density at radius 2 is 1.92 bits per heavy atom. The Balaban J connectivity index is 0.000000561. The van der Waals surface area contributed by atoms with Crippen LogP contribution >= 0.6 is 0 Å². The fourth-order valence-corrected chi connectivity index (χ4v) is 0.719. The van der Waals surface area contributed by atoms with Gasteiger partial charge in [-0.25, -0.2) is 9.97 Å². The number of anilines is 2. The van der Waals surface area contributed by atoms with Gasteiger partial charge in [-0.3, -0.25) is 0 Å². The molecule has 0 unspecified atom stereocenters. The largest absolute Gasteiger partial charge is 0.384 e. The maximum absolute atomic E-state index is 5.44. The van der Waals surface area contributed by atoms with Crippen LogP contribution in [-0.4, -0.2) is 17.0 Å². The van der Waals surface area contributed by atoms with E-state index < -0.39 is 0 Å². The average Bonchev–Trinajstić information content (AvgIpc) is 2.06. The van der Waals surface area contributed by atoms with Crippen molar-refractivity contribution in [2.45, 2.75) is 20.8 Å². The van der Waals surface area contributed by atoms with Gasteiger partial charge in [0.1, 0.15) is 17.5 Å². The Morgan fingerprint density at radius 1 is 1.33 bits per heavy atom. The van der Waals surface area contributed by atoms with Crippen LogP contribution in [-0.2, 0) is 0 Å². The van der Waals surface area contributed by atoms with Crippen LogP contribution in [0.25, 0.3) is 0 Å². The second kappa shape index (κ2) is 5.35. The lowest BCUT2D eigenvalue weighted by molar-refractivity contribution is 1.06. The van der Waals surface area contributed by atoms with Gasteiger partial charge in [0, 0.05) is 13.1 Å². The second-order valence-corrected chi connectivity index (χ2v) is 1.98. The molecule has 0 bridgehead atoms. The Morgan fingerprint density at radius 3 is 2.33 bits per heavy atom. The first-order valence-corrected chi connectivity index (χ1v) is 4.01. The predicted molar refractivity (Wildman–Crippen MR) is 52.1 cm³/mol. The molecule has 0 aliphatic carbocycles. The van der Waals surface area contributed by atoms with Crippen LogP contribution in [0.3, 0.4) is 0 Å². The molecule has 1 rings (SSSR count). The molecule has 0 radical (unpaired) electrons. The fourth-order valence-electron chi connectivity index (χ4n) is 0.719. The molecule has 4 heteroatoms. The molecule has 1 aromatic heterocycles. The summed E-state index contributed by atoms with van der Waals surface area (Å²) >= 11 is 0. The lowest BCUT2D eigenvalue weighted by atomic mass is 10.5. The monoisotopic (exact) mass is 168 g/mol. The molecule has 0 amide bonds. The van der Waals surface area contributed by atoms with E-state index in [0.29, 0.717) is 11.6 Å². The van der Waals surface area contributed by atoms with Crippen LogP contribution in [0.5, 0.6) is 0 Å². The molecule has 0 aromatic carbocycles. The van der Waals surface area contributed by atoms with Gasteiger partial charge in [-0.05, 0) is 6.92 Å². The van der Waals surface area contributed by atoms with E-state index in [9.17, 15) is 0 Å². The lowest BCUT2D eigenvalue weighted by Crippen LogP contribution is -1.99. The maximum Gasteiger partial charge on any atom is 0.131 e. The van der Waals surface area contributed by atoms with E-state index in [-0.39, 0.29) is 0 Å². The quantitative estimate of drug-likeness (QED) is 0.666. The summed E-state index contributed by atoms with van der Waals surface area (Å²) in [6.45, 7) is 5.80. The van der Waals surface area contributed by atoms with Crippen LogP contribution in [0, 0.1) is 6.92 Å². The number of nitrogen functional groups attached to an aromatic ring is 1. The van der Waals surface area contributed by atoms with Gasteiger partial charge in [0.2, 0.25) is 0 Å². The van der Waals surface area contributed by atoms with Crippen molar-refractivity contribution in [3.8, 4) is 0 Å². The number of rotatable bonds is 1. The van der Waals surface area contributed by atoms with Crippen LogP contribution in [0.2, 0.25) is 0 Å². The van der Waals surface area contributed by atoms with Gasteiger partial charge in [0.15, 0.2) is 0 Å². The molecular formula is C8H16N4. The van der Waals surface area contributed by atoms with Crippen LogP contribution < -0.4 is 11.1 Å². The van der Waals surface area contributed by atoms with Crippen molar-refractivity contribution < 1.29 is 0 Å². The van der Waals surface area contributed by atoms with E-state index in [0.717, 1.165) is 5.82 Å². The molecule has 0 atom stereocenters. The maximum atomic E-state index is 5.44. The van der Waals surface area contributed by atoms with Gasteiger partial charge < -0.3 is 11.1 Å². The minimum Gasteiger partial charge on any atom is -0.384 e. The molecule has 0 aliphatic rings. The first-order chi connectivity index (χ1) is 5.72. The second-order valence-electron chi connectivity index (χ2n) is 1.98. The van der Waals surface area contributed by atoms with Crippen molar-refractivity contribution in [3.05, 3.63) is 11.9 Å². The Hall–Kier alpha value is -1.32. The highest BCUT2D eigenvalue weighted by atomic mass is 15.0. The predicted octanol–water partition coefficient (Wildman–Crippen LogP) is 1.44. The summed E-state index contributed by atoms with van der Waals surface area (Å²) in [5.74, 6) is 1.94. The van der Waals surface area contributed by atoms with E-state index in [1.54, 1.807) is 20.0 Å². The number of nitrogens with one attached hydrogen (secondary N) is 1. The number of hydrogen-bond donors (Lipinski definition) is 2. The van der Waals surface area contributed by atoms with Gasteiger partial charge in [-0.15, -0.1) is 0 Å². The van der Waals surface area contributed by atoms with Crippen molar-refractivity contribution in [2.24, 2.45) is 0 Å². The summed E-state index contributed by atoms with van der Waals surface area (Å²) < 4.78 is 0. The van der Waals surface area contributed by atoms with Gasteiger partial charge in [0.25, 0.3) is 0 Å². The SMILES string of the molecule is CC.CNc1cc(N)nc(C)n1. The topological polar surface area (TPSA) is 63.8 Å². The highest BCUT2D eigenvalue weighted by molar-refractivity contribution is 5.43.